The molecule has 9 heteroatoms. The van der Waals surface area contributed by atoms with Crippen LogP contribution >= 0.6 is 0 Å². The van der Waals surface area contributed by atoms with Gasteiger partial charge in [0.25, 0.3) is 0 Å². The van der Waals surface area contributed by atoms with Crippen LogP contribution in [0.2, 0.25) is 0 Å². The maximum atomic E-state index is 12.7. The van der Waals surface area contributed by atoms with E-state index >= 15 is 0 Å². The summed E-state index contributed by atoms with van der Waals surface area (Å²) < 4.78 is 5.42. The number of nitrogens with two attached hydrogens (primary N) is 1. The lowest BCUT2D eigenvalue weighted by molar-refractivity contribution is -0.137. The Labute approximate surface area is 185 Å². The van der Waals surface area contributed by atoms with Crippen LogP contribution in [0.5, 0.6) is 0 Å². The topological polar surface area (TPSA) is 134 Å². The first-order valence-electron chi connectivity index (χ1n) is 10.2. The molecule has 3 atom stereocenters. The van der Waals surface area contributed by atoms with Crippen LogP contribution in [-0.4, -0.2) is 47.3 Å². The number of carboxylic acids is 1. The lowest BCUT2D eigenvalue weighted by atomic mass is 9.95. The number of carbonyl (C=O) groups is 3. The van der Waals surface area contributed by atoms with Gasteiger partial charge in [-0.1, -0.05) is 54.6 Å². The number of nitrogens with one attached hydrogen (secondary N) is 1. The Hall–Kier alpha value is -3.88. The largest absolute Gasteiger partial charge is 0.481 e. The third-order valence-corrected chi connectivity index (χ3v) is 5.38. The second-order valence-corrected chi connectivity index (χ2v) is 7.65. The Morgan fingerprint density at radius 2 is 1.94 bits per heavy atom. The predicted molar refractivity (Wildman–Crippen MR) is 118 cm³/mol. The first kappa shape index (κ1) is 22.8. The van der Waals surface area contributed by atoms with E-state index in [1.807, 2.05) is 30.3 Å². The maximum Gasteiger partial charge on any atom is 0.410 e. The number of cyclic esters (lactones) is 1. The summed E-state index contributed by atoms with van der Waals surface area (Å²) in [6.45, 7) is 0. The van der Waals surface area contributed by atoms with E-state index in [-0.39, 0.29) is 24.8 Å². The smallest absolute Gasteiger partial charge is 0.410 e. The number of aliphatic carboxylic acids is 1. The Morgan fingerprint density at radius 3 is 2.56 bits per heavy atom. The molecule has 2 amide bonds. The van der Waals surface area contributed by atoms with E-state index in [1.54, 1.807) is 31.3 Å². The van der Waals surface area contributed by atoms with Crippen molar-refractivity contribution in [3.8, 4) is 0 Å². The highest BCUT2D eigenvalue weighted by Crippen LogP contribution is 2.32. The molecule has 1 heterocycles. The third-order valence-electron chi connectivity index (χ3n) is 5.38. The van der Waals surface area contributed by atoms with Gasteiger partial charge in [-0.25, -0.2) is 4.79 Å². The number of amides is 2. The molecular formula is C23H26N4O5. The third kappa shape index (κ3) is 5.84. The van der Waals surface area contributed by atoms with Crippen LogP contribution in [0.25, 0.3) is 0 Å². The van der Waals surface area contributed by atoms with Gasteiger partial charge >= 0.3 is 12.1 Å². The van der Waals surface area contributed by atoms with Crippen molar-refractivity contribution in [2.75, 3.05) is 7.05 Å². The fourth-order valence-electron chi connectivity index (χ4n) is 3.76. The van der Waals surface area contributed by atoms with Crippen molar-refractivity contribution in [3.05, 3.63) is 71.3 Å². The average Bonchev–Trinajstić information content (AvgIpc) is 2.77. The minimum atomic E-state index is -1.02. The number of carboxylic acid groups (broad SMARTS) is 1. The van der Waals surface area contributed by atoms with Crippen molar-refractivity contribution < 1.29 is 24.2 Å². The molecule has 0 spiro atoms. The molecule has 9 nitrogen and oxygen atoms in total. The van der Waals surface area contributed by atoms with Gasteiger partial charge in [0.15, 0.2) is 0 Å². The van der Waals surface area contributed by atoms with Gasteiger partial charge in [-0.3, -0.25) is 9.59 Å². The molecule has 4 N–H and O–H groups in total. The normalized spacial score (nSPS) is 19.4. The molecule has 3 rings (SSSR count). The Bertz CT molecular complexity index is 978. The number of rotatable bonds is 8. The number of benzene rings is 2. The van der Waals surface area contributed by atoms with Crippen LogP contribution in [0.15, 0.2) is 59.7 Å². The van der Waals surface area contributed by atoms with Crippen LogP contribution in [0.1, 0.15) is 48.0 Å². The van der Waals surface area contributed by atoms with Crippen molar-refractivity contribution >= 4 is 24.2 Å². The summed E-state index contributed by atoms with van der Waals surface area (Å²) in [5, 5.41) is 15.5. The molecule has 0 saturated carbocycles. The number of nitrogens with zero attached hydrogens (tertiary/aromatic N) is 2. The molecule has 1 fully saturated rings. The zero-order valence-corrected chi connectivity index (χ0v) is 17.7. The first-order chi connectivity index (χ1) is 15.4. The van der Waals surface area contributed by atoms with Crippen LogP contribution in [0.3, 0.4) is 0 Å². The molecule has 1 aliphatic rings. The molecule has 2 aromatic carbocycles. The second-order valence-electron chi connectivity index (χ2n) is 7.65. The molecule has 32 heavy (non-hydrogen) atoms. The Balaban J connectivity index is 1.68. The number of ether oxygens (including phenoxy) is 1. The van der Waals surface area contributed by atoms with Crippen LogP contribution in [-0.2, 0) is 14.3 Å². The van der Waals surface area contributed by atoms with Crippen molar-refractivity contribution in [2.24, 2.45) is 10.9 Å². The lowest BCUT2D eigenvalue weighted by Crippen LogP contribution is -2.44. The van der Waals surface area contributed by atoms with Crippen molar-refractivity contribution in [3.63, 3.8) is 0 Å². The first-order valence-corrected chi connectivity index (χ1v) is 10.2. The van der Waals surface area contributed by atoms with Crippen LogP contribution in [0, 0.1) is 0 Å². The molecule has 1 saturated heterocycles. The Morgan fingerprint density at radius 1 is 1.25 bits per heavy atom. The molecule has 2 aromatic rings. The second kappa shape index (κ2) is 10.4. The van der Waals surface area contributed by atoms with Crippen molar-refractivity contribution in [1.29, 1.82) is 0 Å². The van der Waals surface area contributed by atoms with E-state index in [4.69, 9.17) is 10.6 Å². The minimum Gasteiger partial charge on any atom is -0.481 e. The fourth-order valence-corrected chi connectivity index (χ4v) is 3.76. The SMILES string of the molecule is CN1C(=O)O[C@@H](CC(=O)N[C@@H](CC(=O)O)c2ccccc2)C[C@H]1c1ccc(C=NN)cc1. The van der Waals surface area contributed by atoms with Gasteiger partial charge in [-0.2, -0.15) is 5.10 Å². The van der Waals surface area contributed by atoms with Gasteiger partial charge in [0, 0.05) is 13.5 Å². The molecule has 0 aromatic heterocycles. The lowest BCUT2D eigenvalue weighted by Gasteiger charge is -2.37. The molecule has 0 unspecified atom stereocenters. The summed E-state index contributed by atoms with van der Waals surface area (Å²) in [6.07, 6.45) is 0.499. The van der Waals surface area contributed by atoms with Gasteiger partial charge in [0.1, 0.15) is 6.10 Å². The van der Waals surface area contributed by atoms with Gasteiger partial charge in [-0.05, 0) is 16.7 Å². The van der Waals surface area contributed by atoms with E-state index in [2.05, 4.69) is 10.4 Å². The summed E-state index contributed by atoms with van der Waals surface area (Å²) in [6, 6.07) is 15.4. The minimum absolute atomic E-state index is 0.0586. The van der Waals surface area contributed by atoms with Gasteiger partial charge in [-0.15, -0.1) is 0 Å². The highest BCUT2D eigenvalue weighted by Gasteiger charge is 2.35. The highest BCUT2D eigenvalue weighted by molar-refractivity contribution is 5.80. The molecule has 168 valence electrons. The van der Waals surface area contributed by atoms with E-state index in [0.29, 0.717) is 12.0 Å². The molecule has 0 aliphatic carbocycles. The summed E-state index contributed by atoms with van der Waals surface area (Å²) in [5.74, 6) is 3.77. The summed E-state index contributed by atoms with van der Waals surface area (Å²) in [5.41, 5.74) is 2.43. The summed E-state index contributed by atoms with van der Waals surface area (Å²) in [4.78, 5) is 37.8. The monoisotopic (exact) mass is 438 g/mol. The predicted octanol–water partition coefficient (Wildman–Crippen LogP) is 2.58. The summed E-state index contributed by atoms with van der Waals surface area (Å²) >= 11 is 0. The zero-order valence-electron chi connectivity index (χ0n) is 17.7. The highest BCUT2D eigenvalue weighted by atomic mass is 16.6. The van der Waals surface area contributed by atoms with Gasteiger partial charge in [0.2, 0.25) is 5.91 Å². The fraction of sp³-hybridized carbons (Fsp3) is 0.304. The Kier molecular flexibility index (Phi) is 7.43. The molecule has 0 radical (unpaired) electrons. The van der Waals surface area contributed by atoms with E-state index in [9.17, 15) is 19.5 Å². The quantitative estimate of drug-likeness (QED) is 0.329. The van der Waals surface area contributed by atoms with Crippen LogP contribution < -0.4 is 11.2 Å². The molecule has 1 aliphatic heterocycles. The molecular weight excluding hydrogens is 412 g/mol. The van der Waals surface area contributed by atoms with Crippen LogP contribution in [0.4, 0.5) is 4.79 Å². The number of hydrogen-bond donors (Lipinski definition) is 3. The van der Waals surface area contributed by atoms with Gasteiger partial charge in [0.05, 0.1) is 31.1 Å². The summed E-state index contributed by atoms with van der Waals surface area (Å²) in [7, 11) is 1.65. The van der Waals surface area contributed by atoms with E-state index in [1.165, 1.54) is 11.1 Å². The average molecular weight is 438 g/mol. The van der Waals surface area contributed by atoms with Crippen molar-refractivity contribution in [2.45, 2.75) is 37.5 Å². The number of hydrazone groups is 1. The zero-order chi connectivity index (χ0) is 23.1. The van der Waals surface area contributed by atoms with Crippen molar-refractivity contribution in [1.82, 2.24) is 10.2 Å². The van der Waals surface area contributed by atoms with E-state index in [0.717, 1.165) is 11.1 Å². The standard InChI is InChI=1S/C23H26N4O5/c1-27-20(17-9-7-15(8-10-17)14-25-24)11-18(32-23(27)31)12-21(28)26-19(13-22(29)30)16-5-3-2-4-6-16/h2-10,14,18-20H,11-13,24H2,1H3,(H,26,28)(H,29,30)/t18-,19+,20+/m1/s1. The maximum absolute atomic E-state index is 12.7. The van der Waals surface area contributed by atoms with Gasteiger partial charge < -0.3 is 25.9 Å². The number of carbonyl (C=O) groups excluding carboxylic acids is 2. The number of hydrogen-bond acceptors (Lipinski definition) is 6. The van der Waals surface area contributed by atoms with E-state index < -0.39 is 24.2 Å². The molecule has 0 bridgehead atoms.